The van der Waals surface area contributed by atoms with E-state index in [4.69, 9.17) is 4.74 Å². The van der Waals surface area contributed by atoms with Gasteiger partial charge in [0.25, 0.3) is 11.5 Å². The van der Waals surface area contributed by atoms with Gasteiger partial charge in [-0.3, -0.25) is 14.6 Å². The summed E-state index contributed by atoms with van der Waals surface area (Å²) < 4.78 is 5.72. The molecule has 8 nitrogen and oxygen atoms in total. The Morgan fingerprint density at radius 1 is 1.38 bits per heavy atom. The number of aromatic amines is 1. The van der Waals surface area contributed by atoms with Gasteiger partial charge in [0.2, 0.25) is 0 Å². The highest BCUT2D eigenvalue weighted by molar-refractivity contribution is 5.92. The first-order valence-corrected chi connectivity index (χ1v) is 7.85. The molecule has 0 radical (unpaired) electrons. The molecule has 1 amide bonds. The van der Waals surface area contributed by atoms with Crippen LogP contribution in [0.2, 0.25) is 0 Å². The molecular weight excluding hydrogens is 310 g/mol. The lowest BCUT2D eigenvalue weighted by Gasteiger charge is -2.32. The zero-order valence-electron chi connectivity index (χ0n) is 13.4. The number of morpholine rings is 1. The standard InChI is InChI=1S/C16H19N5O3/c1-11-7-18-14(8-17-11)16(23)21-4-5-24-13(9-21)3-2-12-6-15(22)20-10-19-12/h6-8,10,13H,2-5,9H2,1H3,(H,19,20,22). The number of aromatic nitrogens is 4. The maximum absolute atomic E-state index is 12.5. The second-order valence-corrected chi connectivity index (χ2v) is 5.73. The number of aryl methyl sites for hydroxylation is 2. The number of rotatable bonds is 4. The Morgan fingerprint density at radius 3 is 3.00 bits per heavy atom. The van der Waals surface area contributed by atoms with E-state index in [0.29, 0.717) is 38.2 Å². The van der Waals surface area contributed by atoms with Gasteiger partial charge in [0.1, 0.15) is 5.69 Å². The minimum atomic E-state index is -0.167. The topological polar surface area (TPSA) is 101 Å². The van der Waals surface area contributed by atoms with Crippen LogP contribution in [0.4, 0.5) is 0 Å². The summed E-state index contributed by atoms with van der Waals surface area (Å²) in [5, 5.41) is 0. The fraction of sp³-hybridized carbons (Fsp3) is 0.438. The lowest BCUT2D eigenvalue weighted by atomic mass is 10.1. The third-order valence-corrected chi connectivity index (χ3v) is 3.88. The van der Waals surface area contributed by atoms with Gasteiger partial charge in [0, 0.05) is 31.0 Å². The highest BCUT2D eigenvalue weighted by atomic mass is 16.5. The molecule has 2 aromatic rings. The van der Waals surface area contributed by atoms with Crippen molar-refractivity contribution < 1.29 is 9.53 Å². The van der Waals surface area contributed by atoms with Crippen LogP contribution in [0.5, 0.6) is 0 Å². The highest BCUT2D eigenvalue weighted by Gasteiger charge is 2.25. The molecule has 2 aromatic heterocycles. The SMILES string of the molecule is Cc1cnc(C(=O)N2CCOC(CCc3cc(=O)[nH]cn3)C2)cn1. The molecular formula is C16H19N5O3. The molecule has 1 fully saturated rings. The molecule has 1 saturated heterocycles. The Bertz CT molecular complexity index is 759. The molecule has 24 heavy (non-hydrogen) atoms. The average molecular weight is 329 g/mol. The molecule has 1 unspecified atom stereocenters. The van der Waals surface area contributed by atoms with E-state index in [0.717, 1.165) is 11.4 Å². The van der Waals surface area contributed by atoms with Crippen LogP contribution in [0.1, 0.15) is 28.3 Å². The van der Waals surface area contributed by atoms with E-state index in [-0.39, 0.29) is 17.6 Å². The number of hydrogen-bond acceptors (Lipinski definition) is 6. The summed E-state index contributed by atoms with van der Waals surface area (Å²) in [5.74, 6) is -0.134. The smallest absolute Gasteiger partial charge is 0.274 e. The third-order valence-electron chi connectivity index (χ3n) is 3.88. The number of hydrogen-bond donors (Lipinski definition) is 1. The van der Waals surface area contributed by atoms with Gasteiger partial charge in [0.15, 0.2) is 0 Å². The summed E-state index contributed by atoms with van der Waals surface area (Å²) in [5.41, 5.74) is 1.67. The molecule has 1 N–H and O–H groups in total. The van der Waals surface area contributed by atoms with Crippen molar-refractivity contribution >= 4 is 5.91 Å². The molecule has 1 aliphatic rings. The van der Waals surface area contributed by atoms with Crippen LogP contribution in [0.25, 0.3) is 0 Å². The molecule has 0 saturated carbocycles. The number of carbonyl (C=O) groups is 1. The van der Waals surface area contributed by atoms with E-state index in [1.165, 1.54) is 18.6 Å². The first kappa shape index (κ1) is 16.3. The quantitative estimate of drug-likeness (QED) is 0.868. The predicted molar refractivity (Wildman–Crippen MR) is 85.6 cm³/mol. The number of nitrogens with zero attached hydrogens (tertiary/aromatic N) is 4. The Morgan fingerprint density at radius 2 is 2.25 bits per heavy atom. The zero-order valence-corrected chi connectivity index (χ0v) is 13.4. The van der Waals surface area contributed by atoms with E-state index >= 15 is 0 Å². The minimum absolute atomic E-state index is 0.0813. The van der Waals surface area contributed by atoms with Gasteiger partial charge in [-0.2, -0.15) is 0 Å². The van der Waals surface area contributed by atoms with Gasteiger partial charge < -0.3 is 14.6 Å². The van der Waals surface area contributed by atoms with E-state index in [1.54, 1.807) is 11.1 Å². The van der Waals surface area contributed by atoms with Gasteiger partial charge in [-0.05, 0) is 19.8 Å². The molecule has 0 spiro atoms. The van der Waals surface area contributed by atoms with Crippen LogP contribution in [0.15, 0.2) is 29.6 Å². The second kappa shape index (κ2) is 7.31. The first-order chi connectivity index (χ1) is 11.6. The van der Waals surface area contributed by atoms with Crippen molar-refractivity contribution in [1.82, 2.24) is 24.8 Å². The highest BCUT2D eigenvalue weighted by Crippen LogP contribution is 2.13. The van der Waals surface area contributed by atoms with Crippen molar-refractivity contribution in [1.29, 1.82) is 0 Å². The van der Waals surface area contributed by atoms with Crippen molar-refractivity contribution in [2.75, 3.05) is 19.7 Å². The maximum Gasteiger partial charge on any atom is 0.274 e. The Kier molecular flexibility index (Phi) is 4.95. The van der Waals surface area contributed by atoms with Crippen LogP contribution >= 0.6 is 0 Å². The van der Waals surface area contributed by atoms with E-state index in [2.05, 4.69) is 19.9 Å². The van der Waals surface area contributed by atoms with Gasteiger partial charge in [-0.25, -0.2) is 9.97 Å². The van der Waals surface area contributed by atoms with Crippen molar-refractivity contribution in [3.05, 3.63) is 52.2 Å². The van der Waals surface area contributed by atoms with Crippen LogP contribution in [-0.4, -0.2) is 56.5 Å². The van der Waals surface area contributed by atoms with E-state index < -0.39 is 0 Å². The number of nitrogens with one attached hydrogen (secondary N) is 1. The fourth-order valence-corrected chi connectivity index (χ4v) is 2.60. The molecule has 0 aliphatic carbocycles. The molecule has 3 rings (SSSR count). The third kappa shape index (κ3) is 4.02. The van der Waals surface area contributed by atoms with Crippen LogP contribution in [0, 0.1) is 6.92 Å². The van der Waals surface area contributed by atoms with E-state index in [9.17, 15) is 9.59 Å². The van der Waals surface area contributed by atoms with Crippen molar-refractivity contribution in [2.24, 2.45) is 0 Å². The van der Waals surface area contributed by atoms with Crippen LogP contribution < -0.4 is 5.56 Å². The summed E-state index contributed by atoms with van der Waals surface area (Å²) in [6, 6.07) is 1.48. The average Bonchev–Trinajstić information content (AvgIpc) is 2.60. The van der Waals surface area contributed by atoms with Gasteiger partial charge >= 0.3 is 0 Å². The lowest BCUT2D eigenvalue weighted by Crippen LogP contribution is -2.46. The molecule has 1 atom stereocenters. The predicted octanol–water partition coefficient (Wildman–Crippen LogP) is 0.342. The van der Waals surface area contributed by atoms with Gasteiger partial charge in [-0.15, -0.1) is 0 Å². The summed E-state index contributed by atoms with van der Waals surface area (Å²) >= 11 is 0. The van der Waals surface area contributed by atoms with Gasteiger partial charge in [0.05, 0.1) is 30.9 Å². The molecule has 0 aromatic carbocycles. The Balaban J connectivity index is 1.58. The first-order valence-electron chi connectivity index (χ1n) is 7.85. The molecule has 3 heterocycles. The normalized spacial score (nSPS) is 17.7. The summed E-state index contributed by atoms with van der Waals surface area (Å²) in [4.78, 5) is 40.4. The van der Waals surface area contributed by atoms with Crippen molar-refractivity contribution in [2.45, 2.75) is 25.9 Å². The van der Waals surface area contributed by atoms with Gasteiger partial charge in [-0.1, -0.05) is 0 Å². The summed E-state index contributed by atoms with van der Waals surface area (Å²) in [6.07, 6.45) is 5.72. The van der Waals surface area contributed by atoms with Crippen molar-refractivity contribution in [3.8, 4) is 0 Å². The molecule has 1 aliphatic heterocycles. The Hall–Kier alpha value is -2.61. The summed E-state index contributed by atoms with van der Waals surface area (Å²) in [7, 11) is 0. The summed E-state index contributed by atoms with van der Waals surface area (Å²) in [6.45, 7) is 3.35. The molecule has 0 bridgehead atoms. The lowest BCUT2D eigenvalue weighted by molar-refractivity contribution is -0.0249. The largest absolute Gasteiger partial charge is 0.375 e. The fourth-order valence-electron chi connectivity index (χ4n) is 2.60. The number of ether oxygens (including phenoxy) is 1. The zero-order chi connectivity index (χ0) is 16.9. The number of amides is 1. The monoisotopic (exact) mass is 329 g/mol. The van der Waals surface area contributed by atoms with Crippen LogP contribution in [0.3, 0.4) is 0 Å². The van der Waals surface area contributed by atoms with Crippen molar-refractivity contribution in [3.63, 3.8) is 0 Å². The Labute approximate surface area is 138 Å². The molecule has 126 valence electrons. The number of carbonyl (C=O) groups excluding carboxylic acids is 1. The number of H-pyrrole nitrogens is 1. The molecule has 8 heteroatoms. The minimum Gasteiger partial charge on any atom is -0.375 e. The van der Waals surface area contributed by atoms with E-state index in [1.807, 2.05) is 6.92 Å². The second-order valence-electron chi connectivity index (χ2n) is 5.73. The maximum atomic E-state index is 12.5. The van der Waals surface area contributed by atoms with Crippen LogP contribution in [-0.2, 0) is 11.2 Å².